The van der Waals surface area contributed by atoms with Crippen LogP contribution in [0.25, 0.3) is 0 Å². The highest BCUT2D eigenvalue weighted by Crippen LogP contribution is 2.34. The third-order valence-corrected chi connectivity index (χ3v) is 2.46. The molecule has 0 aromatic rings. The van der Waals surface area contributed by atoms with Gasteiger partial charge < -0.3 is 16.2 Å². The van der Waals surface area contributed by atoms with Crippen LogP contribution >= 0.6 is 11.6 Å². The molecule has 14 heavy (non-hydrogen) atoms. The Morgan fingerprint density at radius 1 is 1.71 bits per heavy atom. The quantitative estimate of drug-likeness (QED) is 0.533. The summed E-state index contributed by atoms with van der Waals surface area (Å²) in [6.07, 6.45) is 2.08. The molecule has 1 unspecified atom stereocenters. The molecule has 78 valence electrons. The largest absolute Gasteiger partial charge is 0.450 e. The summed E-state index contributed by atoms with van der Waals surface area (Å²) in [5.74, 6) is -0.515. The Labute approximate surface area is 87.5 Å². The van der Waals surface area contributed by atoms with Gasteiger partial charge >= 0.3 is 5.97 Å². The number of hydrogen-bond donors (Lipinski definition) is 2. The molecule has 0 aliphatic carbocycles. The van der Waals surface area contributed by atoms with E-state index in [1.54, 1.807) is 6.92 Å². The lowest BCUT2D eigenvalue weighted by atomic mass is 9.93. The van der Waals surface area contributed by atoms with Gasteiger partial charge in [-0.05, 0) is 19.4 Å². The van der Waals surface area contributed by atoms with Gasteiger partial charge in [-0.15, -0.1) is 0 Å². The molecule has 0 spiro atoms. The molecule has 1 aliphatic heterocycles. The van der Waals surface area contributed by atoms with Crippen LogP contribution in [0.4, 0.5) is 0 Å². The van der Waals surface area contributed by atoms with Crippen molar-refractivity contribution in [3.63, 3.8) is 0 Å². The summed E-state index contributed by atoms with van der Waals surface area (Å²) in [5.41, 5.74) is 10.8. The molecule has 1 aliphatic rings. The Balaban J connectivity index is 3.19. The Morgan fingerprint density at radius 3 is 2.71 bits per heavy atom. The molecule has 0 saturated carbocycles. The number of carbonyl (C=O) groups is 1. The molecule has 4 nitrogen and oxygen atoms in total. The van der Waals surface area contributed by atoms with Crippen molar-refractivity contribution < 1.29 is 9.53 Å². The maximum Gasteiger partial charge on any atom is 0.355 e. The zero-order valence-electron chi connectivity index (χ0n) is 8.13. The van der Waals surface area contributed by atoms with Gasteiger partial charge in [-0.1, -0.05) is 18.5 Å². The first-order valence-corrected chi connectivity index (χ1v) is 4.64. The molecule has 1 heterocycles. The average Bonchev–Trinajstić information content (AvgIpc) is 2.30. The topological polar surface area (TPSA) is 78.3 Å². The monoisotopic (exact) mass is 216 g/mol. The summed E-state index contributed by atoms with van der Waals surface area (Å²) in [6.45, 7) is 3.67. The van der Waals surface area contributed by atoms with Crippen molar-refractivity contribution in [2.75, 3.05) is 0 Å². The predicted octanol–water partition coefficient (Wildman–Crippen LogP) is 0.964. The SMILES string of the molecule is CCC1(C)OC(=O)C(N)=C1/C=C(\N)Cl. The number of esters is 1. The second kappa shape index (κ2) is 3.53. The van der Waals surface area contributed by atoms with E-state index in [1.165, 1.54) is 6.08 Å². The fourth-order valence-corrected chi connectivity index (χ4v) is 1.45. The Hall–Kier alpha value is -1.16. The van der Waals surface area contributed by atoms with E-state index in [9.17, 15) is 4.79 Å². The summed E-state index contributed by atoms with van der Waals surface area (Å²) in [7, 11) is 0. The molecule has 4 N–H and O–H groups in total. The first kappa shape index (κ1) is 10.9. The van der Waals surface area contributed by atoms with E-state index >= 15 is 0 Å². The van der Waals surface area contributed by atoms with Crippen molar-refractivity contribution in [1.82, 2.24) is 0 Å². The smallest absolute Gasteiger partial charge is 0.355 e. The van der Waals surface area contributed by atoms with Crippen LogP contribution in [0.2, 0.25) is 0 Å². The third-order valence-electron chi connectivity index (χ3n) is 2.35. The van der Waals surface area contributed by atoms with Crippen molar-refractivity contribution in [2.45, 2.75) is 25.9 Å². The van der Waals surface area contributed by atoms with E-state index in [1.807, 2.05) is 6.92 Å². The predicted molar refractivity (Wildman–Crippen MR) is 54.1 cm³/mol. The number of nitrogens with two attached hydrogens (primary N) is 2. The number of cyclic esters (lactones) is 1. The molecular formula is C9H13ClN2O2. The van der Waals surface area contributed by atoms with Crippen LogP contribution in [-0.4, -0.2) is 11.6 Å². The van der Waals surface area contributed by atoms with Crippen LogP contribution < -0.4 is 11.5 Å². The van der Waals surface area contributed by atoms with Gasteiger partial charge in [0, 0.05) is 5.57 Å². The van der Waals surface area contributed by atoms with Crippen LogP contribution in [0.15, 0.2) is 22.5 Å². The molecule has 0 saturated heterocycles. The van der Waals surface area contributed by atoms with Crippen molar-refractivity contribution >= 4 is 17.6 Å². The van der Waals surface area contributed by atoms with E-state index in [-0.39, 0.29) is 10.9 Å². The molecule has 0 fully saturated rings. The van der Waals surface area contributed by atoms with Crippen LogP contribution in [0.3, 0.4) is 0 Å². The standard InChI is InChI=1S/C9H13ClN2O2/c1-3-9(2)5(4-6(10)11)7(12)8(13)14-9/h4H,3,11-12H2,1-2H3/b6-4-. The van der Waals surface area contributed by atoms with Gasteiger partial charge in [-0.3, -0.25) is 0 Å². The van der Waals surface area contributed by atoms with E-state index in [0.29, 0.717) is 12.0 Å². The lowest BCUT2D eigenvalue weighted by molar-refractivity contribution is -0.145. The van der Waals surface area contributed by atoms with Crippen LogP contribution in [0.1, 0.15) is 20.3 Å². The van der Waals surface area contributed by atoms with Gasteiger partial charge in [-0.25, -0.2) is 4.79 Å². The maximum absolute atomic E-state index is 11.2. The fraction of sp³-hybridized carbons (Fsp3) is 0.444. The summed E-state index contributed by atoms with van der Waals surface area (Å²) >= 11 is 5.54. The number of rotatable bonds is 2. The summed E-state index contributed by atoms with van der Waals surface area (Å²) in [6, 6.07) is 0. The zero-order chi connectivity index (χ0) is 10.9. The minimum Gasteiger partial charge on any atom is -0.450 e. The Kier molecular flexibility index (Phi) is 2.76. The molecule has 1 atom stereocenters. The highest BCUT2D eigenvalue weighted by atomic mass is 35.5. The van der Waals surface area contributed by atoms with Crippen LogP contribution in [0.5, 0.6) is 0 Å². The molecule has 0 radical (unpaired) electrons. The lowest BCUT2D eigenvalue weighted by Crippen LogP contribution is -2.26. The first-order chi connectivity index (χ1) is 6.40. The summed E-state index contributed by atoms with van der Waals surface area (Å²) in [5, 5.41) is 0.0842. The average molecular weight is 217 g/mol. The van der Waals surface area contributed by atoms with Gasteiger partial charge in [0.25, 0.3) is 0 Å². The Morgan fingerprint density at radius 2 is 2.29 bits per heavy atom. The van der Waals surface area contributed by atoms with Gasteiger partial charge in [0.2, 0.25) is 0 Å². The molecule has 0 bridgehead atoms. The van der Waals surface area contributed by atoms with Crippen molar-refractivity contribution in [3.05, 3.63) is 22.5 Å². The normalized spacial score (nSPS) is 28.2. The number of halogens is 1. The zero-order valence-corrected chi connectivity index (χ0v) is 8.89. The van der Waals surface area contributed by atoms with Crippen molar-refractivity contribution in [1.29, 1.82) is 0 Å². The minimum atomic E-state index is -0.708. The molecular weight excluding hydrogens is 204 g/mol. The number of carbonyl (C=O) groups excluding carboxylic acids is 1. The highest BCUT2D eigenvalue weighted by molar-refractivity contribution is 6.29. The van der Waals surface area contributed by atoms with Gasteiger partial charge in [0.05, 0.1) is 5.16 Å². The van der Waals surface area contributed by atoms with Crippen molar-refractivity contribution in [2.24, 2.45) is 11.5 Å². The van der Waals surface area contributed by atoms with Gasteiger partial charge in [0.15, 0.2) is 0 Å². The maximum atomic E-state index is 11.2. The molecule has 0 aromatic heterocycles. The lowest BCUT2D eigenvalue weighted by Gasteiger charge is -2.22. The van der Waals surface area contributed by atoms with Gasteiger partial charge in [-0.2, -0.15) is 0 Å². The van der Waals surface area contributed by atoms with E-state index < -0.39 is 11.6 Å². The van der Waals surface area contributed by atoms with E-state index in [0.717, 1.165) is 0 Å². The summed E-state index contributed by atoms with van der Waals surface area (Å²) < 4.78 is 5.13. The number of hydrogen-bond acceptors (Lipinski definition) is 4. The Bertz CT molecular complexity index is 332. The molecule has 0 amide bonds. The van der Waals surface area contributed by atoms with Crippen LogP contribution in [0, 0.1) is 0 Å². The molecule has 5 heteroatoms. The van der Waals surface area contributed by atoms with Crippen LogP contribution in [-0.2, 0) is 9.53 Å². The highest BCUT2D eigenvalue weighted by Gasteiger charge is 2.40. The fourth-order valence-electron chi connectivity index (χ4n) is 1.34. The summed E-state index contributed by atoms with van der Waals surface area (Å²) in [4.78, 5) is 11.2. The van der Waals surface area contributed by atoms with E-state index in [4.69, 9.17) is 27.8 Å². The third kappa shape index (κ3) is 1.70. The minimum absolute atomic E-state index is 0.0814. The second-order valence-corrected chi connectivity index (χ2v) is 3.77. The number of ether oxygens (including phenoxy) is 1. The van der Waals surface area contributed by atoms with Crippen molar-refractivity contribution in [3.8, 4) is 0 Å². The van der Waals surface area contributed by atoms with E-state index in [2.05, 4.69) is 0 Å². The second-order valence-electron chi connectivity index (χ2n) is 3.33. The van der Waals surface area contributed by atoms with Gasteiger partial charge in [0.1, 0.15) is 11.3 Å². The molecule has 0 aromatic carbocycles. The first-order valence-electron chi connectivity index (χ1n) is 4.27. The molecule has 1 rings (SSSR count).